The maximum Gasteiger partial charge on any atom is 0.174 e. The summed E-state index contributed by atoms with van der Waals surface area (Å²) in [6.07, 6.45) is 6.92. The first-order valence-corrected chi connectivity index (χ1v) is 8.55. The normalized spacial score (nSPS) is 20.5. The molecule has 110 valence electrons. The van der Waals surface area contributed by atoms with Crippen molar-refractivity contribution in [2.45, 2.75) is 58.3 Å². The summed E-state index contributed by atoms with van der Waals surface area (Å²) in [6.45, 7) is 5.25. The number of hydrogen-bond donors (Lipinski definition) is 2. The zero-order chi connectivity index (χ0) is 14.3. The summed E-state index contributed by atoms with van der Waals surface area (Å²) in [5.74, 6) is 0.763. The van der Waals surface area contributed by atoms with E-state index in [4.69, 9.17) is 5.73 Å². The molecule has 4 heteroatoms. The van der Waals surface area contributed by atoms with Gasteiger partial charge in [-0.05, 0) is 37.0 Å². The molecule has 2 fully saturated rings. The van der Waals surface area contributed by atoms with Crippen molar-refractivity contribution < 1.29 is 4.79 Å². The third-order valence-electron chi connectivity index (χ3n) is 4.78. The summed E-state index contributed by atoms with van der Waals surface area (Å²) in [6, 6.07) is 0. The van der Waals surface area contributed by atoms with Gasteiger partial charge in [-0.15, -0.1) is 11.3 Å². The SMILES string of the molecule is CCC(=O)c1sc(NCC2(C)CCC2)c(C2CC2)c1N. The zero-order valence-electron chi connectivity index (χ0n) is 12.4. The van der Waals surface area contributed by atoms with Crippen molar-refractivity contribution in [2.24, 2.45) is 5.41 Å². The number of nitrogen functional groups attached to an aromatic ring is 1. The number of anilines is 2. The van der Waals surface area contributed by atoms with Gasteiger partial charge in [0.1, 0.15) is 0 Å². The minimum Gasteiger partial charge on any atom is -0.397 e. The Morgan fingerprint density at radius 1 is 1.45 bits per heavy atom. The zero-order valence-corrected chi connectivity index (χ0v) is 13.2. The van der Waals surface area contributed by atoms with Crippen LogP contribution >= 0.6 is 11.3 Å². The van der Waals surface area contributed by atoms with Gasteiger partial charge in [0.05, 0.1) is 15.6 Å². The molecule has 3 rings (SSSR count). The molecule has 0 amide bonds. The molecule has 1 aromatic heterocycles. The molecule has 3 nitrogen and oxygen atoms in total. The van der Waals surface area contributed by atoms with Gasteiger partial charge in [-0.25, -0.2) is 0 Å². The minimum absolute atomic E-state index is 0.178. The molecule has 0 atom stereocenters. The highest BCUT2D eigenvalue weighted by molar-refractivity contribution is 7.18. The molecule has 1 aromatic rings. The van der Waals surface area contributed by atoms with Crippen LogP contribution in [0.1, 0.15) is 73.5 Å². The highest BCUT2D eigenvalue weighted by Gasteiger charge is 2.35. The van der Waals surface area contributed by atoms with Gasteiger partial charge in [0.2, 0.25) is 0 Å². The van der Waals surface area contributed by atoms with E-state index in [1.807, 2.05) is 6.92 Å². The largest absolute Gasteiger partial charge is 0.397 e. The first-order chi connectivity index (χ1) is 9.54. The van der Waals surface area contributed by atoms with Crippen LogP contribution in [-0.2, 0) is 0 Å². The molecule has 0 bridgehead atoms. The molecule has 20 heavy (non-hydrogen) atoms. The first-order valence-electron chi connectivity index (χ1n) is 7.73. The Morgan fingerprint density at radius 3 is 2.65 bits per heavy atom. The first kappa shape index (κ1) is 13.9. The fourth-order valence-electron chi connectivity index (χ4n) is 2.98. The Hall–Kier alpha value is -1.03. The van der Waals surface area contributed by atoms with Gasteiger partial charge in [0.25, 0.3) is 0 Å². The Kier molecular flexibility index (Phi) is 3.53. The number of Topliss-reactive ketones (excluding diaryl/α,β-unsaturated/α-hetero) is 1. The van der Waals surface area contributed by atoms with Crippen molar-refractivity contribution in [3.8, 4) is 0 Å². The second-order valence-electron chi connectivity index (χ2n) is 6.66. The molecule has 1 heterocycles. The smallest absolute Gasteiger partial charge is 0.174 e. The molecule has 2 aliphatic carbocycles. The Morgan fingerprint density at radius 2 is 2.15 bits per heavy atom. The van der Waals surface area contributed by atoms with Crippen molar-refractivity contribution in [1.82, 2.24) is 0 Å². The highest BCUT2D eigenvalue weighted by atomic mass is 32.1. The molecule has 2 saturated carbocycles. The predicted molar refractivity (Wildman–Crippen MR) is 85.8 cm³/mol. The van der Waals surface area contributed by atoms with Crippen LogP contribution in [0.2, 0.25) is 0 Å². The third kappa shape index (κ3) is 2.46. The number of thiophene rings is 1. The van der Waals surface area contributed by atoms with E-state index < -0.39 is 0 Å². The van der Waals surface area contributed by atoms with Crippen molar-refractivity contribution in [3.05, 3.63) is 10.4 Å². The van der Waals surface area contributed by atoms with E-state index in [2.05, 4.69) is 12.2 Å². The van der Waals surface area contributed by atoms with Gasteiger partial charge in [-0.3, -0.25) is 4.79 Å². The third-order valence-corrected chi connectivity index (χ3v) is 6.00. The number of hydrogen-bond acceptors (Lipinski definition) is 4. The van der Waals surface area contributed by atoms with E-state index in [9.17, 15) is 4.79 Å². The van der Waals surface area contributed by atoms with Crippen molar-refractivity contribution >= 4 is 27.8 Å². The van der Waals surface area contributed by atoms with Crippen LogP contribution in [0.5, 0.6) is 0 Å². The van der Waals surface area contributed by atoms with Crippen LogP contribution < -0.4 is 11.1 Å². The van der Waals surface area contributed by atoms with Crippen molar-refractivity contribution in [3.63, 3.8) is 0 Å². The second-order valence-corrected chi connectivity index (χ2v) is 7.68. The molecule has 0 aromatic carbocycles. The summed E-state index contributed by atoms with van der Waals surface area (Å²) in [7, 11) is 0. The molecule has 0 aliphatic heterocycles. The van der Waals surface area contributed by atoms with Crippen molar-refractivity contribution in [1.29, 1.82) is 0 Å². The lowest BCUT2D eigenvalue weighted by atomic mass is 9.70. The van der Waals surface area contributed by atoms with E-state index in [1.54, 1.807) is 11.3 Å². The van der Waals surface area contributed by atoms with Crippen LogP contribution in [-0.4, -0.2) is 12.3 Å². The molecular formula is C16H24N2OS. The van der Waals surface area contributed by atoms with Gasteiger partial charge in [-0.1, -0.05) is 20.3 Å². The standard InChI is InChI=1S/C16H24N2OS/c1-3-11(19)14-13(17)12(10-5-6-10)15(20-14)18-9-16(2)7-4-8-16/h10,18H,3-9,17H2,1-2H3. The molecule has 2 aliphatic rings. The number of ketones is 1. The average molecular weight is 292 g/mol. The Labute approximate surface area is 124 Å². The lowest BCUT2D eigenvalue weighted by Crippen LogP contribution is -2.33. The number of carbonyl (C=O) groups is 1. The van der Waals surface area contributed by atoms with Gasteiger partial charge < -0.3 is 11.1 Å². The molecule has 0 unspecified atom stereocenters. The van der Waals surface area contributed by atoms with E-state index in [1.165, 1.54) is 37.7 Å². The van der Waals surface area contributed by atoms with Crippen LogP contribution in [0.3, 0.4) is 0 Å². The molecule has 0 radical (unpaired) electrons. The summed E-state index contributed by atoms with van der Waals surface area (Å²) in [4.78, 5) is 12.8. The Balaban J connectivity index is 1.82. The minimum atomic E-state index is 0.178. The number of carbonyl (C=O) groups excluding carboxylic acids is 1. The van der Waals surface area contributed by atoms with Crippen LogP contribution in [0.4, 0.5) is 10.7 Å². The lowest BCUT2D eigenvalue weighted by Gasteiger charge is -2.38. The van der Waals surface area contributed by atoms with E-state index >= 15 is 0 Å². The quantitative estimate of drug-likeness (QED) is 0.764. The van der Waals surface area contributed by atoms with Crippen molar-refractivity contribution in [2.75, 3.05) is 17.6 Å². The van der Waals surface area contributed by atoms with E-state index in [0.717, 1.165) is 22.1 Å². The fourth-order valence-corrected chi connectivity index (χ4v) is 4.20. The predicted octanol–water partition coefficient (Wildman–Crippen LogP) is 4.40. The Bertz CT molecular complexity index is 527. The number of nitrogens with two attached hydrogens (primary N) is 1. The van der Waals surface area contributed by atoms with Crippen LogP contribution in [0, 0.1) is 5.41 Å². The monoisotopic (exact) mass is 292 g/mol. The summed E-state index contributed by atoms with van der Waals surface area (Å²) < 4.78 is 0. The second kappa shape index (κ2) is 5.06. The summed E-state index contributed by atoms with van der Waals surface area (Å²) in [5, 5.41) is 4.77. The van der Waals surface area contributed by atoms with E-state index in [-0.39, 0.29) is 5.78 Å². The van der Waals surface area contributed by atoms with Crippen LogP contribution in [0.25, 0.3) is 0 Å². The molecule has 0 saturated heterocycles. The summed E-state index contributed by atoms with van der Waals surface area (Å²) in [5.41, 5.74) is 8.68. The number of rotatable bonds is 6. The molecule has 3 N–H and O–H groups in total. The van der Waals surface area contributed by atoms with Crippen LogP contribution in [0.15, 0.2) is 0 Å². The van der Waals surface area contributed by atoms with Gasteiger partial charge in [0.15, 0.2) is 5.78 Å². The number of nitrogens with one attached hydrogen (secondary N) is 1. The topological polar surface area (TPSA) is 55.1 Å². The summed E-state index contributed by atoms with van der Waals surface area (Å²) >= 11 is 1.58. The molecular weight excluding hydrogens is 268 g/mol. The van der Waals surface area contributed by atoms with E-state index in [0.29, 0.717) is 17.8 Å². The maximum atomic E-state index is 12.0. The lowest BCUT2D eigenvalue weighted by molar-refractivity contribution is 0.0993. The average Bonchev–Trinajstić information content (AvgIpc) is 3.18. The molecule has 0 spiro atoms. The van der Waals surface area contributed by atoms with Gasteiger partial charge in [-0.2, -0.15) is 0 Å². The van der Waals surface area contributed by atoms with Gasteiger partial charge in [0, 0.05) is 18.5 Å². The van der Waals surface area contributed by atoms with Gasteiger partial charge >= 0.3 is 0 Å². The maximum absolute atomic E-state index is 12.0. The fraction of sp³-hybridized carbons (Fsp3) is 0.688. The highest BCUT2D eigenvalue weighted by Crippen LogP contribution is 2.51.